The smallest absolute Gasteiger partial charge is 0.263 e. The fraction of sp³-hybridized carbons (Fsp3) is 0.583. The molecule has 94 valence electrons. The highest BCUT2D eigenvalue weighted by Crippen LogP contribution is 2.30. The van der Waals surface area contributed by atoms with Gasteiger partial charge in [0.2, 0.25) is 0 Å². The number of amides is 1. The number of rotatable bonds is 3. The Morgan fingerprint density at radius 2 is 2.35 bits per heavy atom. The molecule has 0 radical (unpaired) electrons. The quantitative estimate of drug-likeness (QED) is 0.919. The summed E-state index contributed by atoms with van der Waals surface area (Å²) >= 11 is 7.19. The standard InChI is InChI=1S/C12H17ClN2OS/c1-15(9-4-2-3-8(9)7-14)12(16)10-5-6-11(13)17-10/h5-6,8-9H,2-4,7,14H2,1H3. The highest BCUT2D eigenvalue weighted by molar-refractivity contribution is 7.17. The van der Waals surface area contributed by atoms with Crippen molar-refractivity contribution >= 4 is 28.8 Å². The maximum absolute atomic E-state index is 12.2. The topological polar surface area (TPSA) is 46.3 Å². The molecule has 1 aromatic rings. The molecule has 1 aromatic heterocycles. The minimum Gasteiger partial charge on any atom is -0.338 e. The number of nitrogens with two attached hydrogens (primary N) is 1. The molecule has 0 spiro atoms. The van der Waals surface area contributed by atoms with Gasteiger partial charge < -0.3 is 10.6 Å². The van der Waals surface area contributed by atoms with Gasteiger partial charge in [-0.05, 0) is 37.4 Å². The van der Waals surface area contributed by atoms with E-state index in [1.165, 1.54) is 11.3 Å². The summed E-state index contributed by atoms with van der Waals surface area (Å²) in [5.74, 6) is 0.506. The van der Waals surface area contributed by atoms with Crippen molar-refractivity contribution < 1.29 is 4.79 Å². The van der Waals surface area contributed by atoms with E-state index in [2.05, 4.69) is 0 Å². The van der Waals surface area contributed by atoms with Crippen molar-refractivity contribution in [1.82, 2.24) is 4.90 Å². The monoisotopic (exact) mass is 272 g/mol. The minimum atomic E-state index is 0.0623. The highest BCUT2D eigenvalue weighted by atomic mass is 35.5. The molecule has 0 saturated heterocycles. The number of nitrogens with zero attached hydrogens (tertiary/aromatic N) is 1. The summed E-state index contributed by atoms with van der Waals surface area (Å²) in [4.78, 5) is 14.8. The molecule has 3 nitrogen and oxygen atoms in total. The molecule has 1 aliphatic rings. The number of hydrogen-bond donors (Lipinski definition) is 1. The fourth-order valence-corrected chi connectivity index (χ4v) is 3.58. The molecule has 0 aliphatic heterocycles. The summed E-state index contributed by atoms with van der Waals surface area (Å²) in [7, 11) is 1.87. The molecule has 2 rings (SSSR count). The van der Waals surface area contributed by atoms with Crippen LogP contribution in [0.5, 0.6) is 0 Å². The van der Waals surface area contributed by atoms with Crippen molar-refractivity contribution in [2.45, 2.75) is 25.3 Å². The van der Waals surface area contributed by atoms with Gasteiger partial charge in [-0.3, -0.25) is 4.79 Å². The lowest BCUT2D eigenvalue weighted by molar-refractivity contribution is 0.0705. The van der Waals surface area contributed by atoms with Gasteiger partial charge in [-0.2, -0.15) is 0 Å². The molecule has 2 unspecified atom stereocenters. The normalized spacial score (nSPS) is 23.9. The van der Waals surface area contributed by atoms with Crippen LogP contribution in [-0.4, -0.2) is 30.4 Å². The van der Waals surface area contributed by atoms with Crippen molar-refractivity contribution in [2.24, 2.45) is 11.7 Å². The molecule has 1 aliphatic carbocycles. The number of carbonyl (C=O) groups excluding carboxylic acids is 1. The van der Waals surface area contributed by atoms with Crippen molar-refractivity contribution in [3.8, 4) is 0 Å². The van der Waals surface area contributed by atoms with Crippen LogP contribution in [0, 0.1) is 5.92 Å². The Labute approximate surface area is 111 Å². The highest BCUT2D eigenvalue weighted by Gasteiger charge is 2.32. The lowest BCUT2D eigenvalue weighted by atomic mass is 10.0. The molecular weight excluding hydrogens is 256 g/mol. The predicted molar refractivity (Wildman–Crippen MR) is 71.6 cm³/mol. The predicted octanol–water partition coefficient (Wildman–Crippen LogP) is 2.60. The van der Waals surface area contributed by atoms with Crippen LogP contribution in [-0.2, 0) is 0 Å². The summed E-state index contributed by atoms with van der Waals surface area (Å²) < 4.78 is 0.656. The molecule has 1 fully saturated rings. The van der Waals surface area contributed by atoms with Gasteiger partial charge in [0.15, 0.2) is 0 Å². The van der Waals surface area contributed by atoms with Crippen LogP contribution in [0.4, 0.5) is 0 Å². The van der Waals surface area contributed by atoms with Gasteiger partial charge in [-0.25, -0.2) is 0 Å². The molecule has 1 amide bonds. The Morgan fingerprint density at radius 3 is 2.94 bits per heavy atom. The average Bonchev–Trinajstić information content (AvgIpc) is 2.95. The fourth-order valence-electron chi connectivity index (χ4n) is 2.56. The van der Waals surface area contributed by atoms with Crippen LogP contribution in [0.1, 0.15) is 28.9 Å². The Balaban J connectivity index is 2.09. The second-order valence-electron chi connectivity index (χ2n) is 4.51. The van der Waals surface area contributed by atoms with E-state index >= 15 is 0 Å². The lowest BCUT2D eigenvalue weighted by Gasteiger charge is -2.28. The second-order valence-corrected chi connectivity index (χ2v) is 6.23. The van der Waals surface area contributed by atoms with E-state index in [0.717, 1.165) is 19.3 Å². The average molecular weight is 273 g/mol. The van der Waals surface area contributed by atoms with Crippen molar-refractivity contribution in [1.29, 1.82) is 0 Å². The molecule has 2 N–H and O–H groups in total. The first-order valence-electron chi connectivity index (χ1n) is 5.86. The van der Waals surface area contributed by atoms with Gasteiger partial charge in [0.25, 0.3) is 5.91 Å². The first-order valence-corrected chi connectivity index (χ1v) is 7.05. The molecular formula is C12H17ClN2OS. The number of thiophene rings is 1. The molecule has 2 atom stereocenters. The molecule has 1 saturated carbocycles. The van der Waals surface area contributed by atoms with Crippen LogP contribution >= 0.6 is 22.9 Å². The van der Waals surface area contributed by atoms with Gasteiger partial charge >= 0.3 is 0 Å². The maximum Gasteiger partial charge on any atom is 0.263 e. The Bertz CT molecular complexity index is 407. The van der Waals surface area contributed by atoms with Crippen molar-refractivity contribution in [2.75, 3.05) is 13.6 Å². The third-order valence-electron chi connectivity index (χ3n) is 3.52. The van der Waals surface area contributed by atoms with E-state index in [1.807, 2.05) is 11.9 Å². The van der Waals surface area contributed by atoms with Crippen LogP contribution in [0.25, 0.3) is 0 Å². The van der Waals surface area contributed by atoms with E-state index in [1.54, 1.807) is 12.1 Å². The van der Waals surface area contributed by atoms with Gasteiger partial charge in [0, 0.05) is 13.1 Å². The number of carbonyl (C=O) groups is 1. The van der Waals surface area contributed by atoms with E-state index in [-0.39, 0.29) is 11.9 Å². The Hall–Kier alpha value is -0.580. The number of hydrogen-bond acceptors (Lipinski definition) is 3. The molecule has 0 aromatic carbocycles. The first kappa shape index (κ1) is 12.9. The summed E-state index contributed by atoms with van der Waals surface area (Å²) in [5.41, 5.74) is 5.75. The Morgan fingerprint density at radius 1 is 1.59 bits per heavy atom. The zero-order valence-corrected chi connectivity index (χ0v) is 11.4. The van der Waals surface area contributed by atoms with Crippen molar-refractivity contribution in [3.05, 3.63) is 21.3 Å². The zero-order valence-electron chi connectivity index (χ0n) is 9.86. The largest absolute Gasteiger partial charge is 0.338 e. The van der Waals surface area contributed by atoms with E-state index in [4.69, 9.17) is 17.3 Å². The van der Waals surface area contributed by atoms with Gasteiger partial charge in [0.1, 0.15) is 0 Å². The lowest BCUT2D eigenvalue weighted by Crippen LogP contribution is -2.41. The summed E-state index contributed by atoms with van der Waals surface area (Å²) in [6.07, 6.45) is 3.35. The third kappa shape index (κ3) is 2.64. The van der Waals surface area contributed by atoms with E-state index in [0.29, 0.717) is 21.7 Å². The zero-order chi connectivity index (χ0) is 12.4. The van der Waals surface area contributed by atoms with Crippen LogP contribution < -0.4 is 5.73 Å². The van der Waals surface area contributed by atoms with Crippen molar-refractivity contribution in [3.63, 3.8) is 0 Å². The Kier molecular flexibility index (Phi) is 4.07. The molecule has 5 heteroatoms. The van der Waals surface area contributed by atoms with E-state index < -0.39 is 0 Å². The number of halogens is 1. The first-order chi connectivity index (χ1) is 8.13. The van der Waals surface area contributed by atoms with Crippen LogP contribution in [0.3, 0.4) is 0 Å². The van der Waals surface area contributed by atoms with E-state index in [9.17, 15) is 4.79 Å². The summed E-state index contributed by atoms with van der Waals surface area (Å²) in [6, 6.07) is 3.84. The second kappa shape index (κ2) is 5.38. The van der Waals surface area contributed by atoms with Crippen LogP contribution in [0.15, 0.2) is 12.1 Å². The SMILES string of the molecule is CN(C(=O)c1ccc(Cl)s1)C1CCCC1CN. The van der Waals surface area contributed by atoms with Gasteiger partial charge in [-0.15, -0.1) is 11.3 Å². The molecule has 17 heavy (non-hydrogen) atoms. The molecule has 1 heterocycles. The summed E-state index contributed by atoms with van der Waals surface area (Å²) in [6.45, 7) is 0.660. The van der Waals surface area contributed by atoms with Gasteiger partial charge in [0.05, 0.1) is 9.21 Å². The van der Waals surface area contributed by atoms with Gasteiger partial charge in [-0.1, -0.05) is 18.0 Å². The third-order valence-corrected chi connectivity index (χ3v) is 4.74. The van der Waals surface area contributed by atoms with Crippen LogP contribution in [0.2, 0.25) is 4.34 Å². The molecule has 0 bridgehead atoms. The maximum atomic E-state index is 12.2. The summed E-state index contributed by atoms with van der Waals surface area (Å²) in [5, 5.41) is 0. The minimum absolute atomic E-state index is 0.0623.